The highest BCUT2D eigenvalue weighted by atomic mass is 127. The van der Waals surface area contributed by atoms with E-state index in [4.69, 9.17) is 0 Å². The first-order valence-corrected chi connectivity index (χ1v) is 9.88. The van der Waals surface area contributed by atoms with Crippen molar-refractivity contribution in [1.29, 1.82) is 0 Å². The molecule has 0 unspecified atom stereocenters. The Hall–Kier alpha value is -2.74. The van der Waals surface area contributed by atoms with E-state index in [9.17, 15) is 31.5 Å². The molecule has 2 amide bonds. The van der Waals surface area contributed by atoms with Gasteiger partial charge < -0.3 is 10.6 Å². The number of hydrogen-bond acceptors (Lipinski definition) is 4. The summed E-state index contributed by atoms with van der Waals surface area (Å²) in [6.07, 6.45) is -3.20. The van der Waals surface area contributed by atoms with Gasteiger partial charge in [0.1, 0.15) is 0 Å². The maximum Gasteiger partial charge on any atom is 0.458 e. The van der Waals surface area contributed by atoms with E-state index >= 15 is 0 Å². The fourth-order valence-corrected chi connectivity index (χ4v) is 3.33. The lowest BCUT2D eigenvalue weighted by Crippen LogP contribution is -2.33. The fourth-order valence-electron chi connectivity index (χ4n) is 2.59. The zero-order valence-corrected chi connectivity index (χ0v) is 18.8. The number of anilines is 1. The summed E-state index contributed by atoms with van der Waals surface area (Å²) >= 11 is 1.87. The van der Waals surface area contributed by atoms with Crippen molar-refractivity contribution in [2.75, 3.05) is 12.4 Å². The lowest BCUT2D eigenvalue weighted by atomic mass is 10.0. The van der Waals surface area contributed by atoms with Crippen LogP contribution in [0, 0.1) is 10.5 Å². The molecular formula is C20H17F5IN3O3. The Bertz CT molecular complexity index is 1040. The topological polar surface area (TPSA) is 79.5 Å². The molecule has 0 aliphatic rings. The summed E-state index contributed by atoms with van der Waals surface area (Å²) in [4.78, 5) is 29.9. The highest BCUT2D eigenvalue weighted by Gasteiger charge is 2.58. The van der Waals surface area contributed by atoms with Crippen LogP contribution in [0.3, 0.4) is 0 Å². The van der Waals surface area contributed by atoms with E-state index < -0.39 is 29.5 Å². The molecule has 0 aromatic heterocycles. The summed E-state index contributed by atoms with van der Waals surface area (Å²) in [5.41, 5.74) is 1.16. The second-order valence-corrected chi connectivity index (χ2v) is 7.51. The monoisotopic (exact) mass is 569 g/mol. The van der Waals surface area contributed by atoms with Gasteiger partial charge >= 0.3 is 12.1 Å². The number of rotatable bonds is 7. The van der Waals surface area contributed by atoms with Gasteiger partial charge in [-0.1, -0.05) is 12.1 Å². The Morgan fingerprint density at radius 1 is 1.03 bits per heavy atom. The molecule has 0 bridgehead atoms. The number of hydrogen-bond donors (Lipinski definition) is 3. The van der Waals surface area contributed by atoms with Crippen molar-refractivity contribution in [2.45, 2.75) is 19.0 Å². The average molecular weight is 569 g/mol. The first-order chi connectivity index (χ1) is 14.9. The molecule has 0 saturated heterocycles. The zero-order chi connectivity index (χ0) is 24.1. The molecule has 0 heterocycles. The minimum Gasteiger partial charge on any atom is -0.327 e. The maximum atomic E-state index is 13.6. The van der Waals surface area contributed by atoms with Crippen LogP contribution < -0.4 is 16.1 Å². The van der Waals surface area contributed by atoms with Gasteiger partial charge in [-0.3, -0.25) is 19.9 Å². The first-order valence-electron chi connectivity index (χ1n) is 8.80. The molecule has 0 atom stereocenters. The summed E-state index contributed by atoms with van der Waals surface area (Å²) in [7, 11) is 1.37. The molecule has 0 saturated carbocycles. The van der Waals surface area contributed by atoms with Crippen molar-refractivity contribution < 1.29 is 36.4 Å². The molecule has 0 fully saturated rings. The number of amides is 2. The maximum absolute atomic E-state index is 13.6. The number of hydroxylamine groups is 1. The largest absolute Gasteiger partial charge is 0.458 e. The Morgan fingerprint density at radius 2 is 1.72 bits per heavy atom. The highest BCUT2D eigenvalue weighted by Crippen LogP contribution is 2.44. The van der Waals surface area contributed by atoms with E-state index in [1.54, 1.807) is 6.07 Å². The predicted molar refractivity (Wildman–Crippen MR) is 115 cm³/mol. The van der Waals surface area contributed by atoms with Gasteiger partial charge in [0, 0.05) is 27.2 Å². The van der Waals surface area contributed by atoms with Crippen LogP contribution in [-0.2, 0) is 10.8 Å². The lowest BCUT2D eigenvalue weighted by Gasteiger charge is -2.21. The minimum atomic E-state index is -5.75. The van der Waals surface area contributed by atoms with E-state index in [2.05, 4.69) is 21.0 Å². The van der Waals surface area contributed by atoms with Crippen molar-refractivity contribution >= 4 is 40.1 Å². The van der Waals surface area contributed by atoms with Crippen LogP contribution in [0.1, 0.15) is 31.8 Å². The molecule has 172 valence electrons. The molecule has 12 heteroatoms. The molecule has 2 rings (SSSR count). The summed E-state index contributed by atoms with van der Waals surface area (Å²) in [6, 6.07) is 6.71. The number of carbonyl (C=O) groups is 2. The molecule has 2 aromatic carbocycles. The van der Waals surface area contributed by atoms with Gasteiger partial charge in [0.25, 0.3) is 11.8 Å². The van der Waals surface area contributed by atoms with Gasteiger partial charge in [-0.05, 0) is 59.3 Å². The van der Waals surface area contributed by atoms with Gasteiger partial charge in [-0.2, -0.15) is 22.0 Å². The average Bonchev–Trinajstić information content (AvgIpc) is 2.71. The molecule has 0 aliphatic carbocycles. The van der Waals surface area contributed by atoms with Crippen LogP contribution in [0.15, 0.2) is 48.8 Å². The number of carbonyl (C=O) groups excluding carboxylic acids is 2. The van der Waals surface area contributed by atoms with E-state index in [1.165, 1.54) is 38.6 Å². The van der Waals surface area contributed by atoms with Crippen molar-refractivity contribution in [3.8, 4) is 0 Å². The molecule has 0 aliphatic heterocycles. The van der Waals surface area contributed by atoms with E-state index in [0.29, 0.717) is 15.7 Å². The van der Waals surface area contributed by atoms with Crippen LogP contribution >= 0.6 is 22.6 Å². The van der Waals surface area contributed by atoms with Gasteiger partial charge in [0.15, 0.2) is 0 Å². The molecule has 0 spiro atoms. The van der Waals surface area contributed by atoms with Crippen molar-refractivity contribution in [1.82, 2.24) is 10.8 Å². The third-order valence-corrected chi connectivity index (χ3v) is 5.06. The number of halogens is 6. The van der Waals surface area contributed by atoms with Gasteiger partial charge in [0.05, 0.1) is 18.2 Å². The molecular weight excluding hydrogens is 552 g/mol. The minimum absolute atomic E-state index is 0.00928. The predicted octanol–water partition coefficient (Wildman–Crippen LogP) is 4.86. The second-order valence-electron chi connectivity index (χ2n) is 6.35. The highest BCUT2D eigenvalue weighted by molar-refractivity contribution is 14.1. The smallest absolute Gasteiger partial charge is 0.327 e. The standard InChI is InChI=1S/C20H17F5IN3O3/c1-11-10-12(19(21,22)20(23,24)25)6-7-15(11)29-17(30)13-4-3-5-14(26)16(13)18(31)27-8-9-28-32-2/h3-10,28H,1-2H3,(H,27,31)(H,29,30). The number of aryl methyl sites for hydroxylation is 1. The van der Waals surface area contributed by atoms with Crippen molar-refractivity contribution in [3.63, 3.8) is 0 Å². The normalized spacial score (nSPS) is 12.0. The van der Waals surface area contributed by atoms with Gasteiger partial charge in [0.2, 0.25) is 0 Å². The van der Waals surface area contributed by atoms with Gasteiger partial charge in [-0.15, -0.1) is 0 Å². The lowest BCUT2D eigenvalue weighted by molar-refractivity contribution is -0.289. The van der Waals surface area contributed by atoms with Gasteiger partial charge in [-0.25, -0.2) is 0 Å². The SMILES string of the molecule is CONC=CNC(=O)c1c(I)cccc1C(=O)Nc1ccc(C(F)(F)C(F)(F)F)cc1C. The number of benzene rings is 2. The van der Waals surface area contributed by atoms with Crippen LogP contribution in [0.4, 0.5) is 27.6 Å². The summed E-state index contributed by atoms with van der Waals surface area (Å²) in [5, 5.41) is 4.89. The van der Waals surface area contributed by atoms with E-state index in [-0.39, 0.29) is 22.4 Å². The van der Waals surface area contributed by atoms with Crippen molar-refractivity contribution in [3.05, 3.63) is 74.6 Å². The Morgan fingerprint density at radius 3 is 2.31 bits per heavy atom. The summed E-state index contributed by atoms with van der Waals surface area (Å²) in [6.45, 7) is 1.28. The van der Waals surface area contributed by atoms with Crippen molar-refractivity contribution in [2.24, 2.45) is 0 Å². The number of nitrogens with one attached hydrogen (secondary N) is 3. The fraction of sp³-hybridized carbons (Fsp3) is 0.200. The zero-order valence-electron chi connectivity index (χ0n) is 16.6. The third kappa shape index (κ3) is 5.73. The summed E-state index contributed by atoms with van der Waals surface area (Å²) < 4.78 is 65.4. The van der Waals surface area contributed by atoms with Crippen LogP contribution in [0.25, 0.3) is 0 Å². The van der Waals surface area contributed by atoms with E-state index in [0.717, 1.165) is 6.07 Å². The Balaban J connectivity index is 2.30. The molecule has 6 nitrogen and oxygen atoms in total. The quantitative estimate of drug-likeness (QED) is 0.253. The first kappa shape index (κ1) is 25.5. The summed E-state index contributed by atoms with van der Waals surface area (Å²) in [5.74, 6) is -6.39. The second kappa shape index (κ2) is 10.3. The van der Waals surface area contributed by atoms with Crippen LogP contribution in [-0.4, -0.2) is 25.1 Å². The molecule has 2 aromatic rings. The van der Waals surface area contributed by atoms with Crippen LogP contribution in [0.2, 0.25) is 0 Å². The third-order valence-electron chi connectivity index (χ3n) is 4.16. The van der Waals surface area contributed by atoms with E-state index in [1.807, 2.05) is 22.6 Å². The number of alkyl halides is 5. The van der Waals surface area contributed by atoms with Crippen LogP contribution in [0.5, 0.6) is 0 Å². The molecule has 0 radical (unpaired) electrons. The Labute approximate surface area is 193 Å². The Kier molecular flexibility index (Phi) is 8.18. The molecule has 32 heavy (non-hydrogen) atoms. The molecule has 3 N–H and O–H groups in total.